The van der Waals surface area contributed by atoms with Crippen molar-refractivity contribution in [1.82, 2.24) is 4.98 Å². The van der Waals surface area contributed by atoms with Gasteiger partial charge in [-0.2, -0.15) is 0 Å². The SMILES string of the molecule is Cc1cccc(CNc2ccc(-c3nc4ccc(C)cc4s3)cc2)c1. The molecule has 0 radical (unpaired) electrons. The van der Waals surface area contributed by atoms with Gasteiger partial charge in [-0.3, -0.25) is 0 Å². The van der Waals surface area contributed by atoms with Crippen LogP contribution in [0, 0.1) is 13.8 Å². The van der Waals surface area contributed by atoms with Crippen molar-refractivity contribution in [2.75, 3.05) is 5.32 Å². The first-order chi connectivity index (χ1) is 12.2. The lowest BCUT2D eigenvalue weighted by molar-refractivity contribution is 1.14. The summed E-state index contributed by atoms with van der Waals surface area (Å²) in [5.41, 5.74) is 7.24. The Balaban J connectivity index is 1.50. The van der Waals surface area contributed by atoms with Crippen LogP contribution in [0.1, 0.15) is 16.7 Å². The Bertz CT molecular complexity index is 1020. The maximum atomic E-state index is 4.76. The van der Waals surface area contributed by atoms with Crippen LogP contribution in [0.25, 0.3) is 20.8 Å². The lowest BCUT2D eigenvalue weighted by Gasteiger charge is -2.07. The minimum Gasteiger partial charge on any atom is -0.381 e. The van der Waals surface area contributed by atoms with E-state index in [1.165, 1.54) is 27.0 Å². The molecule has 25 heavy (non-hydrogen) atoms. The summed E-state index contributed by atoms with van der Waals surface area (Å²) in [7, 11) is 0. The zero-order chi connectivity index (χ0) is 17.2. The first-order valence-corrected chi connectivity index (χ1v) is 9.26. The number of hydrogen-bond acceptors (Lipinski definition) is 3. The van der Waals surface area contributed by atoms with E-state index in [0.717, 1.165) is 22.8 Å². The zero-order valence-corrected chi connectivity index (χ0v) is 15.2. The van der Waals surface area contributed by atoms with Crippen LogP contribution in [-0.4, -0.2) is 4.98 Å². The molecule has 3 heteroatoms. The molecule has 0 aliphatic heterocycles. The summed E-state index contributed by atoms with van der Waals surface area (Å²) < 4.78 is 1.25. The van der Waals surface area contributed by atoms with Gasteiger partial charge in [-0.1, -0.05) is 35.9 Å². The van der Waals surface area contributed by atoms with E-state index < -0.39 is 0 Å². The topological polar surface area (TPSA) is 24.9 Å². The molecule has 2 nitrogen and oxygen atoms in total. The van der Waals surface area contributed by atoms with Gasteiger partial charge in [0.05, 0.1) is 10.2 Å². The minimum atomic E-state index is 0.835. The molecule has 0 aliphatic rings. The molecule has 1 N–H and O–H groups in total. The molecule has 0 bridgehead atoms. The second-order valence-corrected chi connectivity index (χ2v) is 7.44. The molecule has 1 heterocycles. The van der Waals surface area contributed by atoms with E-state index in [4.69, 9.17) is 4.98 Å². The average molecular weight is 344 g/mol. The van der Waals surface area contributed by atoms with Gasteiger partial charge in [0.2, 0.25) is 0 Å². The first-order valence-electron chi connectivity index (χ1n) is 8.44. The number of nitrogens with one attached hydrogen (secondary N) is 1. The number of fused-ring (bicyclic) bond motifs is 1. The van der Waals surface area contributed by atoms with Crippen LogP contribution in [0.4, 0.5) is 5.69 Å². The molecule has 0 fully saturated rings. The molecule has 1 aromatic heterocycles. The van der Waals surface area contributed by atoms with Crippen LogP contribution in [0.5, 0.6) is 0 Å². The van der Waals surface area contributed by atoms with E-state index in [2.05, 4.69) is 85.9 Å². The summed E-state index contributed by atoms with van der Waals surface area (Å²) in [6, 6.07) is 23.5. The van der Waals surface area contributed by atoms with Crippen molar-refractivity contribution in [2.24, 2.45) is 0 Å². The molecule has 4 rings (SSSR count). The standard InChI is InChI=1S/C22H20N2S/c1-15-4-3-5-17(12-15)14-23-19-9-7-18(8-10-19)22-24-20-11-6-16(2)13-21(20)25-22/h3-13,23H,14H2,1-2H3. The van der Waals surface area contributed by atoms with Gasteiger partial charge in [-0.15, -0.1) is 11.3 Å². The van der Waals surface area contributed by atoms with Crippen molar-refractivity contribution >= 4 is 27.2 Å². The summed E-state index contributed by atoms with van der Waals surface area (Å²) in [4.78, 5) is 4.76. The predicted octanol–water partition coefficient (Wildman–Crippen LogP) is 6.19. The van der Waals surface area contributed by atoms with Crippen LogP contribution in [-0.2, 0) is 6.54 Å². The van der Waals surface area contributed by atoms with Crippen molar-refractivity contribution in [1.29, 1.82) is 0 Å². The van der Waals surface area contributed by atoms with Crippen molar-refractivity contribution < 1.29 is 0 Å². The van der Waals surface area contributed by atoms with E-state index in [1.807, 2.05) is 0 Å². The Morgan fingerprint density at radius 1 is 0.880 bits per heavy atom. The third-order valence-electron chi connectivity index (χ3n) is 4.25. The van der Waals surface area contributed by atoms with Gasteiger partial charge in [0.25, 0.3) is 0 Å². The van der Waals surface area contributed by atoms with Crippen molar-refractivity contribution in [3.05, 3.63) is 83.4 Å². The molecule has 4 aromatic rings. The summed E-state index contributed by atoms with van der Waals surface area (Å²) in [5.74, 6) is 0. The molecule has 0 saturated carbocycles. The fourth-order valence-electron chi connectivity index (χ4n) is 2.91. The van der Waals surface area contributed by atoms with Gasteiger partial charge in [-0.05, 0) is 61.4 Å². The Kier molecular flexibility index (Phi) is 4.24. The highest BCUT2D eigenvalue weighted by Gasteiger charge is 2.06. The van der Waals surface area contributed by atoms with Gasteiger partial charge < -0.3 is 5.32 Å². The predicted molar refractivity (Wildman–Crippen MR) is 108 cm³/mol. The largest absolute Gasteiger partial charge is 0.381 e. The van der Waals surface area contributed by atoms with E-state index in [1.54, 1.807) is 11.3 Å². The number of thiazole rings is 1. The highest BCUT2D eigenvalue weighted by molar-refractivity contribution is 7.21. The molecule has 0 amide bonds. The lowest BCUT2D eigenvalue weighted by Crippen LogP contribution is -1.99. The highest BCUT2D eigenvalue weighted by atomic mass is 32.1. The normalized spacial score (nSPS) is 11.0. The Morgan fingerprint density at radius 2 is 1.68 bits per heavy atom. The summed E-state index contributed by atoms with van der Waals surface area (Å²) in [6.07, 6.45) is 0. The molecule has 0 atom stereocenters. The van der Waals surface area contributed by atoms with E-state index in [0.29, 0.717) is 0 Å². The summed E-state index contributed by atoms with van der Waals surface area (Å²) >= 11 is 1.75. The monoisotopic (exact) mass is 344 g/mol. The number of benzene rings is 3. The van der Waals surface area contributed by atoms with E-state index >= 15 is 0 Å². The Labute approximate surface area is 152 Å². The second kappa shape index (κ2) is 6.69. The van der Waals surface area contributed by atoms with Crippen LogP contribution < -0.4 is 5.32 Å². The summed E-state index contributed by atoms with van der Waals surface area (Å²) in [6.45, 7) is 5.08. The molecule has 3 aromatic carbocycles. The number of nitrogens with zero attached hydrogens (tertiary/aromatic N) is 1. The molecular formula is C22H20N2S. The number of hydrogen-bond donors (Lipinski definition) is 1. The van der Waals surface area contributed by atoms with Gasteiger partial charge in [-0.25, -0.2) is 4.98 Å². The maximum Gasteiger partial charge on any atom is 0.124 e. The quantitative estimate of drug-likeness (QED) is 0.477. The van der Waals surface area contributed by atoms with E-state index in [-0.39, 0.29) is 0 Å². The fourth-order valence-corrected chi connectivity index (χ4v) is 3.98. The van der Waals surface area contributed by atoms with Crippen molar-refractivity contribution in [2.45, 2.75) is 20.4 Å². The number of aryl methyl sites for hydroxylation is 2. The van der Waals surface area contributed by atoms with Crippen LogP contribution in [0.2, 0.25) is 0 Å². The number of aromatic nitrogens is 1. The van der Waals surface area contributed by atoms with Crippen molar-refractivity contribution in [3.63, 3.8) is 0 Å². The van der Waals surface area contributed by atoms with Gasteiger partial charge in [0.1, 0.15) is 5.01 Å². The zero-order valence-electron chi connectivity index (χ0n) is 14.4. The highest BCUT2D eigenvalue weighted by Crippen LogP contribution is 2.31. The summed E-state index contributed by atoms with van der Waals surface area (Å²) in [5, 5.41) is 4.56. The first kappa shape index (κ1) is 15.9. The fraction of sp³-hybridized carbons (Fsp3) is 0.136. The number of rotatable bonds is 4. The third kappa shape index (κ3) is 3.57. The smallest absolute Gasteiger partial charge is 0.124 e. The van der Waals surface area contributed by atoms with E-state index in [9.17, 15) is 0 Å². The third-order valence-corrected chi connectivity index (χ3v) is 5.32. The van der Waals surface area contributed by atoms with Crippen LogP contribution in [0.3, 0.4) is 0 Å². The molecule has 0 aliphatic carbocycles. The number of anilines is 1. The van der Waals surface area contributed by atoms with Gasteiger partial charge in [0.15, 0.2) is 0 Å². The van der Waals surface area contributed by atoms with Gasteiger partial charge in [0, 0.05) is 17.8 Å². The minimum absolute atomic E-state index is 0.835. The van der Waals surface area contributed by atoms with Crippen LogP contribution >= 0.6 is 11.3 Å². The molecule has 0 saturated heterocycles. The molecule has 0 unspecified atom stereocenters. The van der Waals surface area contributed by atoms with Gasteiger partial charge >= 0.3 is 0 Å². The Morgan fingerprint density at radius 3 is 2.48 bits per heavy atom. The molecular weight excluding hydrogens is 324 g/mol. The molecule has 124 valence electrons. The van der Waals surface area contributed by atoms with Crippen LogP contribution in [0.15, 0.2) is 66.7 Å². The Hall–Kier alpha value is -2.65. The molecule has 0 spiro atoms. The lowest BCUT2D eigenvalue weighted by atomic mass is 10.1. The maximum absolute atomic E-state index is 4.76. The average Bonchev–Trinajstić information content (AvgIpc) is 3.03. The van der Waals surface area contributed by atoms with Crippen molar-refractivity contribution in [3.8, 4) is 10.6 Å². The second-order valence-electron chi connectivity index (χ2n) is 6.41.